The van der Waals surface area contributed by atoms with Gasteiger partial charge in [-0.3, -0.25) is 10.2 Å². The number of benzene rings is 2. The van der Waals surface area contributed by atoms with Gasteiger partial charge in [0.1, 0.15) is 5.75 Å². The minimum Gasteiger partial charge on any atom is -0.452 e. The molecule has 1 aliphatic carbocycles. The lowest BCUT2D eigenvalue weighted by Gasteiger charge is -2.22. The van der Waals surface area contributed by atoms with E-state index in [0.29, 0.717) is 22.6 Å². The Morgan fingerprint density at radius 1 is 1.00 bits per heavy atom. The second kappa shape index (κ2) is 12.2. The molecule has 2 aromatic carbocycles. The van der Waals surface area contributed by atoms with E-state index >= 15 is 0 Å². The van der Waals surface area contributed by atoms with Crippen LogP contribution in [0.3, 0.4) is 0 Å². The van der Waals surface area contributed by atoms with Crippen LogP contribution in [-0.4, -0.2) is 36.5 Å². The summed E-state index contributed by atoms with van der Waals surface area (Å²) < 4.78 is 10.3. The van der Waals surface area contributed by atoms with Crippen molar-refractivity contribution in [2.45, 2.75) is 38.1 Å². The largest absolute Gasteiger partial charge is 0.452 e. The molecule has 0 bridgehead atoms. The van der Waals surface area contributed by atoms with Crippen molar-refractivity contribution in [3.63, 3.8) is 0 Å². The van der Waals surface area contributed by atoms with Gasteiger partial charge in [0.15, 0.2) is 12.6 Å². The van der Waals surface area contributed by atoms with E-state index in [2.05, 4.69) is 10.6 Å². The minimum absolute atomic E-state index is 0.172. The Bertz CT molecular complexity index is 1040. The molecule has 0 spiro atoms. The molecule has 0 aliphatic heterocycles. The molecular formula is C25H28N4O5. The molecule has 0 radical (unpaired) electrons. The number of carbonyl (C=O) groups is 3. The summed E-state index contributed by atoms with van der Waals surface area (Å²) >= 11 is 0. The van der Waals surface area contributed by atoms with Crippen LogP contribution >= 0.6 is 0 Å². The first-order chi connectivity index (χ1) is 16.4. The van der Waals surface area contributed by atoms with Crippen LogP contribution in [-0.2, 0) is 14.3 Å². The highest BCUT2D eigenvalue weighted by Gasteiger charge is 2.16. The molecule has 1 amide bonds. The van der Waals surface area contributed by atoms with E-state index in [9.17, 15) is 14.4 Å². The summed E-state index contributed by atoms with van der Waals surface area (Å²) in [5, 5.41) is 12.7. The van der Waals surface area contributed by atoms with Crippen LogP contribution in [0.2, 0.25) is 0 Å². The summed E-state index contributed by atoms with van der Waals surface area (Å²) in [7, 11) is 0. The first kappa shape index (κ1) is 24.5. The van der Waals surface area contributed by atoms with E-state index in [0.717, 1.165) is 25.7 Å². The van der Waals surface area contributed by atoms with Crippen molar-refractivity contribution in [2.24, 2.45) is 5.73 Å². The van der Waals surface area contributed by atoms with Gasteiger partial charge in [-0.15, -0.1) is 0 Å². The molecule has 178 valence electrons. The van der Waals surface area contributed by atoms with E-state index in [1.54, 1.807) is 54.6 Å². The Balaban J connectivity index is 1.43. The van der Waals surface area contributed by atoms with Crippen LogP contribution in [0.1, 0.15) is 48.0 Å². The van der Waals surface area contributed by atoms with Crippen molar-refractivity contribution in [3.05, 3.63) is 65.7 Å². The van der Waals surface area contributed by atoms with E-state index in [1.807, 2.05) is 0 Å². The van der Waals surface area contributed by atoms with Gasteiger partial charge in [-0.25, -0.2) is 9.59 Å². The standard InChI is InChI=1S/C25H28N4O5/c26-25(27)29-20-11-9-18(10-12-20)24(32)34-21-13-6-17(7-14-21)8-15-23(31)33-16-22(30)28-19-4-2-1-3-5-19/h6-15,19H,1-5,16H2,(H,28,30)(H4,26,27,29). The van der Waals surface area contributed by atoms with Gasteiger partial charge >= 0.3 is 11.9 Å². The number of carbonyl (C=O) groups excluding carboxylic acids is 3. The molecule has 1 aliphatic rings. The van der Waals surface area contributed by atoms with Gasteiger partial charge in [-0.1, -0.05) is 31.4 Å². The fourth-order valence-electron chi connectivity index (χ4n) is 3.52. The van der Waals surface area contributed by atoms with Crippen LogP contribution in [0.5, 0.6) is 5.75 Å². The average molecular weight is 465 g/mol. The maximum Gasteiger partial charge on any atom is 0.343 e. The maximum absolute atomic E-state index is 12.3. The molecule has 0 saturated heterocycles. The normalized spacial score (nSPS) is 13.8. The first-order valence-electron chi connectivity index (χ1n) is 11.1. The summed E-state index contributed by atoms with van der Waals surface area (Å²) in [6.45, 7) is -0.305. The van der Waals surface area contributed by atoms with Crippen LogP contribution in [0.15, 0.2) is 54.6 Å². The number of ether oxygens (including phenoxy) is 2. The average Bonchev–Trinajstić information content (AvgIpc) is 2.83. The summed E-state index contributed by atoms with van der Waals surface area (Å²) in [6.07, 6.45) is 8.15. The molecule has 9 heteroatoms. The van der Waals surface area contributed by atoms with E-state index in [4.69, 9.17) is 20.6 Å². The smallest absolute Gasteiger partial charge is 0.343 e. The zero-order chi connectivity index (χ0) is 24.3. The summed E-state index contributed by atoms with van der Waals surface area (Å²) in [5.74, 6) is -1.29. The number of amides is 1. The van der Waals surface area contributed by atoms with Gasteiger partial charge in [0, 0.05) is 17.8 Å². The second-order valence-electron chi connectivity index (χ2n) is 7.92. The van der Waals surface area contributed by atoms with E-state index in [1.165, 1.54) is 12.5 Å². The summed E-state index contributed by atoms with van der Waals surface area (Å²) in [6, 6.07) is 13.1. The molecule has 0 unspecified atom stereocenters. The Labute approximate surface area is 197 Å². The molecule has 9 nitrogen and oxygen atoms in total. The number of anilines is 1. The lowest BCUT2D eigenvalue weighted by molar-refractivity contribution is -0.144. The topological polar surface area (TPSA) is 144 Å². The van der Waals surface area contributed by atoms with Crippen molar-refractivity contribution in [2.75, 3.05) is 11.9 Å². The highest BCUT2D eigenvalue weighted by Crippen LogP contribution is 2.18. The number of hydrogen-bond donors (Lipinski definition) is 4. The van der Waals surface area contributed by atoms with Crippen LogP contribution in [0.4, 0.5) is 5.69 Å². The number of rotatable bonds is 8. The quantitative estimate of drug-likeness (QED) is 0.154. The predicted molar refractivity (Wildman–Crippen MR) is 128 cm³/mol. The first-order valence-corrected chi connectivity index (χ1v) is 11.1. The molecule has 3 rings (SSSR count). The molecule has 34 heavy (non-hydrogen) atoms. The molecule has 0 aromatic heterocycles. The highest BCUT2D eigenvalue weighted by molar-refractivity contribution is 5.93. The SMILES string of the molecule is N=C(N)Nc1ccc(C(=O)Oc2ccc(C=CC(=O)OCC(=O)NC3CCCCC3)cc2)cc1. The number of esters is 2. The lowest BCUT2D eigenvalue weighted by atomic mass is 9.95. The van der Waals surface area contributed by atoms with Gasteiger partial charge in [0.2, 0.25) is 0 Å². The third-order valence-electron chi connectivity index (χ3n) is 5.22. The fraction of sp³-hybridized carbons (Fsp3) is 0.280. The van der Waals surface area contributed by atoms with Crippen molar-refractivity contribution < 1.29 is 23.9 Å². The monoisotopic (exact) mass is 464 g/mol. The third kappa shape index (κ3) is 8.09. The van der Waals surface area contributed by atoms with Crippen molar-refractivity contribution >= 4 is 35.6 Å². The third-order valence-corrected chi connectivity index (χ3v) is 5.22. The zero-order valence-corrected chi connectivity index (χ0v) is 18.7. The van der Waals surface area contributed by atoms with E-state index < -0.39 is 11.9 Å². The molecule has 0 heterocycles. The number of hydrogen-bond acceptors (Lipinski definition) is 6. The molecule has 1 saturated carbocycles. The molecule has 0 atom stereocenters. The Hall–Kier alpha value is -4.14. The summed E-state index contributed by atoms with van der Waals surface area (Å²) in [5.41, 5.74) is 6.89. The van der Waals surface area contributed by atoms with Crippen molar-refractivity contribution in [1.29, 1.82) is 5.41 Å². The Morgan fingerprint density at radius 2 is 1.68 bits per heavy atom. The fourth-order valence-corrected chi connectivity index (χ4v) is 3.52. The predicted octanol–water partition coefficient (Wildman–Crippen LogP) is 3.22. The van der Waals surface area contributed by atoms with Gasteiger partial charge in [0.25, 0.3) is 5.91 Å². The molecule has 1 fully saturated rings. The number of guanidine groups is 1. The Kier molecular flexibility index (Phi) is 8.79. The van der Waals surface area contributed by atoms with E-state index in [-0.39, 0.29) is 24.5 Å². The molecule has 5 N–H and O–H groups in total. The van der Waals surface area contributed by atoms with Crippen LogP contribution in [0, 0.1) is 5.41 Å². The van der Waals surface area contributed by atoms with Crippen molar-refractivity contribution in [1.82, 2.24) is 5.32 Å². The number of nitrogens with one attached hydrogen (secondary N) is 3. The van der Waals surface area contributed by atoms with Crippen molar-refractivity contribution in [3.8, 4) is 5.75 Å². The zero-order valence-electron chi connectivity index (χ0n) is 18.7. The highest BCUT2D eigenvalue weighted by atomic mass is 16.5. The van der Waals surface area contributed by atoms with Gasteiger partial charge in [-0.05, 0) is 60.9 Å². The van der Waals surface area contributed by atoms with Gasteiger partial charge in [0.05, 0.1) is 5.56 Å². The molecule has 2 aromatic rings. The van der Waals surface area contributed by atoms with Crippen LogP contribution < -0.4 is 21.1 Å². The summed E-state index contributed by atoms with van der Waals surface area (Å²) in [4.78, 5) is 36.1. The lowest BCUT2D eigenvalue weighted by Crippen LogP contribution is -2.38. The van der Waals surface area contributed by atoms with Gasteiger partial charge in [-0.2, -0.15) is 0 Å². The second-order valence-corrected chi connectivity index (χ2v) is 7.92. The van der Waals surface area contributed by atoms with Gasteiger partial charge < -0.3 is 25.8 Å². The minimum atomic E-state index is -0.614. The number of nitrogens with two attached hydrogens (primary N) is 1. The maximum atomic E-state index is 12.3. The Morgan fingerprint density at radius 3 is 2.32 bits per heavy atom. The molecular weight excluding hydrogens is 436 g/mol. The van der Waals surface area contributed by atoms with Crippen LogP contribution in [0.25, 0.3) is 6.08 Å².